The summed E-state index contributed by atoms with van der Waals surface area (Å²) in [6, 6.07) is 3.17. The van der Waals surface area contributed by atoms with Gasteiger partial charge in [-0.25, -0.2) is 13.2 Å². The number of carbonyl (C=O) groups excluding carboxylic acids is 1. The number of esters is 1. The summed E-state index contributed by atoms with van der Waals surface area (Å²) < 4.78 is 28.0. The number of methoxy groups -OCH3 is 1. The highest BCUT2D eigenvalue weighted by Crippen LogP contribution is 2.22. The average Bonchev–Trinajstić information content (AvgIpc) is 2.27. The quantitative estimate of drug-likeness (QED) is 0.786. The Hall–Kier alpha value is -1.36. The Balaban J connectivity index is 3.50. The molecule has 0 saturated carbocycles. The molecule has 0 aliphatic carbocycles. The number of hydrogen-bond acceptors (Lipinski definition) is 4. The van der Waals surface area contributed by atoms with Crippen molar-refractivity contribution in [2.24, 2.45) is 0 Å². The molecule has 0 amide bonds. The Morgan fingerprint density at radius 2 is 1.94 bits per heavy atom. The first kappa shape index (κ1) is 14.7. The minimum absolute atomic E-state index is 0.183. The van der Waals surface area contributed by atoms with Crippen LogP contribution in [0.2, 0.25) is 0 Å². The van der Waals surface area contributed by atoms with Crippen molar-refractivity contribution >= 4 is 15.8 Å². The number of carbonyl (C=O) groups is 1. The van der Waals surface area contributed by atoms with Crippen LogP contribution in [0.25, 0.3) is 0 Å². The second-order valence-electron chi connectivity index (χ2n) is 4.29. The lowest BCUT2D eigenvalue weighted by atomic mass is 10.0. The van der Waals surface area contributed by atoms with Gasteiger partial charge < -0.3 is 4.74 Å². The summed E-state index contributed by atoms with van der Waals surface area (Å²) in [6.07, 6.45) is 2.73. The van der Waals surface area contributed by atoms with Gasteiger partial charge in [0.05, 0.1) is 17.6 Å². The molecule has 4 nitrogen and oxygen atoms in total. The van der Waals surface area contributed by atoms with Crippen LogP contribution in [0.3, 0.4) is 0 Å². The molecular formula is C13H18O4S. The molecule has 0 spiro atoms. The Morgan fingerprint density at radius 1 is 1.33 bits per heavy atom. The van der Waals surface area contributed by atoms with E-state index >= 15 is 0 Å². The fourth-order valence-corrected chi connectivity index (χ4v) is 2.90. The summed E-state index contributed by atoms with van der Waals surface area (Å²) in [5.74, 6) is -0.497. The molecular weight excluding hydrogens is 252 g/mol. The minimum atomic E-state index is -3.34. The Labute approximate surface area is 108 Å². The summed E-state index contributed by atoms with van der Waals surface area (Å²) in [6.45, 7) is 3.73. The highest BCUT2D eigenvalue weighted by atomic mass is 32.2. The monoisotopic (exact) mass is 270 g/mol. The van der Waals surface area contributed by atoms with E-state index in [0.717, 1.165) is 24.7 Å². The van der Waals surface area contributed by atoms with E-state index in [1.54, 1.807) is 13.0 Å². The van der Waals surface area contributed by atoms with Gasteiger partial charge in [0.25, 0.3) is 0 Å². The van der Waals surface area contributed by atoms with Gasteiger partial charge >= 0.3 is 5.97 Å². The topological polar surface area (TPSA) is 60.4 Å². The number of aryl methyl sites for hydroxylation is 2. The number of rotatable bonds is 4. The fourth-order valence-electron chi connectivity index (χ4n) is 1.92. The first-order valence-corrected chi connectivity index (χ1v) is 7.62. The number of ether oxygens (including phenoxy) is 1. The van der Waals surface area contributed by atoms with E-state index in [-0.39, 0.29) is 4.90 Å². The van der Waals surface area contributed by atoms with Crippen LogP contribution in [-0.2, 0) is 21.0 Å². The molecule has 1 rings (SSSR count). The highest BCUT2D eigenvalue weighted by Gasteiger charge is 2.18. The van der Waals surface area contributed by atoms with E-state index in [4.69, 9.17) is 4.74 Å². The van der Waals surface area contributed by atoms with E-state index in [1.165, 1.54) is 13.2 Å². The van der Waals surface area contributed by atoms with Crippen molar-refractivity contribution in [1.29, 1.82) is 0 Å². The lowest BCUT2D eigenvalue weighted by Crippen LogP contribution is -2.10. The maximum absolute atomic E-state index is 11.7. The van der Waals surface area contributed by atoms with E-state index in [0.29, 0.717) is 11.1 Å². The first-order valence-electron chi connectivity index (χ1n) is 5.73. The third-order valence-electron chi connectivity index (χ3n) is 2.72. The second-order valence-corrected chi connectivity index (χ2v) is 6.27. The molecule has 0 aliphatic rings. The predicted octanol–water partition coefficient (Wildman–Crippen LogP) is 2.14. The summed E-state index contributed by atoms with van der Waals surface area (Å²) in [4.78, 5) is 11.9. The Bertz CT molecular complexity index is 559. The van der Waals surface area contributed by atoms with Crippen LogP contribution in [-0.4, -0.2) is 27.8 Å². The Morgan fingerprint density at radius 3 is 2.39 bits per heavy atom. The van der Waals surface area contributed by atoms with Gasteiger partial charge in [0.2, 0.25) is 0 Å². The van der Waals surface area contributed by atoms with Gasteiger partial charge in [0.1, 0.15) is 0 Å². The van der Waals surface area contributed by atoms with Crippen molar-refractivity contribution in [3.63, 3.8) is 0 Å². The van der Waals surface area contributed by atoms with Gasteiger partial charge in [-0.2, -0.15) is 0 Å². The van der Waals surface area contributed by atoms with Crippen LogP contribution in [0.4, 0.5) is 0 Å². The summed E-state index contributed by atoms with van der Waals surface area (Å²) >= 11 is 0. The summed E-state index contributed by atoms with van der Waals surface area (Å²) in [7, 11) is -2.05. The van der Waals surface area contributed by atoms with Crippen molar-refractivity contribution in [1.82, 2.24) is 0 Å². The maximum Gasteiger partial charge on any atom is 0.338 e. The molecule has 0 bridgehead atoms. The third-order valence-corrected chi connectivity index (χ3v) is 3.96. The van der Waals surface area contributed by atoms with Gasteiger partial charge in [-0.1, -0.05) is 19.4 Å². The molecule has 100 valence electrons. The van der Waals surface area contributed by atoms with Crippen LogP contribution in [0.1, 0.15) is 34.8 Å². The smallest absolute Gasteiger partial charge is 0.338 e. The zero-order valence-corrected chi connectivity index (χ0v) is 11.9. The van der Waals surface area contributed by atoms with E-state index in [1.807, 2.05) is 6.92 Å². The van der Waals surface area contributed by atoms with Crippen LogP contribution in [0.5, 0.6) is 0 Å². The van der Waals surface area contributed by atoms with Gasteiger partial charge in [-0.05, 0) is 30.5 Å². The molecule has 0 aromatic heterocycles. The van der Waals surface area contributed by atoms with Crippen molar-refractivity contribution in [3.8, 4) is 0 Å². The van der Waals surface area contributed by atoms with E-state index in [9.17, 15) is 13.2 Å². The minimum Gasteiger partial charge on any atom is -0.465 e. The lowest BCUT2D eigenvalue weighted by Gasteiger charge is -2.11. The van der Waals surface area contributed by atoms with Crippen LogP contribution < -0.4 is 0 Å². The van der Waals surface area contributed by atoms with E-state index < -0.39 is 15.8 Å². The van der Waals surface area contributed by atoms with Crippen LogP contribution in [0, 0.1) is 6.92 Å². The molecule has 0 heterocycles. The summed E-state index contributed by atoms with van der Waals surface area (Å²) in [5.41, 5.74) is 1.83. The molecule has 0 aliphatic heterocycles. The van der Waals surface area contributed by atoms with Crippen molar-refractivity contribution in [3.05, 3.63) is 28.8 Å². The van der Waals surface area contributed by atoms with Crippen LogP contribution >= 0.6 is 0 Å². The van der Waals surface area contributed by atoms with Crippen molar-refractivity contribution in [2.75, 3.05) is 13.4 Å². The molecule has 0 unspecified atom stereocenters. The largest absolute Gasteiger partial charge is 0.465 e. The molecule has 0 atom stereocenters. The normalized spacial score (nSPS) is 11.3. The number of benzene rings is 1. The average molecular weight is 270 g/mol. The SMILES string of the molecule is CCCc1cc(C)c(S(C)(=O)=O)cc1C(=O)OC. The maximum atomic E-state index is 11.7. The molecule has 1 aromatic carbocycles. The lowest BCUT2D eigenvalue weighted by molar-refractivity contribution is 0.0599. The molecule has 5 heteroatoms. The van der Waals surface area contributed by atoms with Gasteiger partial charge in [0, 0.05) is 6.26 Å². The van der Waals surface area contributed by atoms with Crippen molar-refractivity contribution in [2.45, 2.75) is 31.6 Å². The summed E-state index contributed by atoms with van der Waals surface area (Å²) in [5, 5.41) is 0. The molecule has 18 heavy (non-hydrogen) atoms. The first-order chi connectivity index (χ1) is 8.31. The van der Waals surface area contributed by atoms with E-state index in [2.05, 4.69) is 0 Å². The molecule has 0 fully saturated rings. The van der Waals surface area contributed by atoms with Gasteiger partial charge in [-0.15, -0.1) is 0 Å². The number of sulfone groups is 1. The highest BCUT2D eigenvalue weighted by molar-refractivity contribution is 7.90. The fraction of sp³-hybridized carbons (Fsp3) is 0.462. The zero-order chi connectivity index (χ0) is 13.9. The van der Waals surface area contributed by atoms with Gasteiger partial charge in [-0.3, -0.25) is 0 Å². The third kappa shape index (κ3) is 3.10. The zero-order valence-electron chi connectivity index (χ0n) is 11.1. The molecule has 0 saturated heterocycles. The molecule has 1 aromatic rings. The standard InChI is InChI=1S/C13H18O4S/c1-5-6-10-7-9(2)12(18(4,15)16)8-11(10)13(14)17-3/h7-8H,5-6H2,1-4H3. The second kappa shape index (κ2) is 5.52. The van der Waals surface area contributed by atoms with Crippen LogP contribution in [0.15, 0.2) is 17.0 Å². The molecule has 0 radical (unpaired) electrons. The molecule has 0 N–H and O–H groups in total. The predicted molar refractivity (Wildman–Crippen MR) is 69.6 cm³/mol. The van der Waals surface area contributed by atoms with Gasteiger partial charge in [0.15, 0.2) is 9.84 Å². The Kier molecular flexibility index (Phi) is 4.51. The number of hydrogen-bond donors (Lipinski definition) is 0. The van der Waals surface area contributed by atoms with Crippen molar-refractivity contribution < 1.29 is 17.9 Å².